The Bertz CT molecular complexity index is 718. The van der Waals surface area contributed by atoms with Gasteiger partial charge in [0, 0.05) is 18.2 Å². The molecule has 0 saturated carbocycles. The lowest BCUT2D eigenvalue weighted by molar-refractivity contribution is -0.384. The number of nitrogens with zero attached hydrogens (tertiary/aromatic N) is 1. The normalized spacial score (nSPS) is 10.7. The van der Waals surface area contributed by atoms with E-state index in [1.807, 2.05) is 0 Å². The van der Waals surface area contributed by atoms with Gasteiger partial charge in [-0.25, -0.2) is 0 Å². The van der Waals surface area contributed by atoms with E-state index >= 15 is 0 Å². The van der Waals surface area contributed by atoms with Crippen molar-refractivity contribution in [2.45, 2.75) is 0 Å². The van der Waals surface area contributed by atoms with Crippen LogP contribution in [0, 0.1) is 10.1 Å². The number of furan rings is 1. The predicted molar refractivity (Wildman–Crippen MR) is 75.6 cm³/mol. The molecule has 21 heavy (non-hydrogen) atoms. The Morgan fingerprint density at radius 2 is 2.14 bits per heavy atom. The number of primary amides is 1. The highest BCUT2D eigenvalue weighted by Crippen LogP contribution is 2.34. The first-order valence-electron chi connectivity index (χ1n) is 5.91. The number of nitro benzene ring substituents is 1. The van der Waals surface area contributed by atoms with Crippen molar-refractivity contribution in [2.75, 3.05) is 7.11 Å². The topological polar surface area (TPSA) is 109 Å². The summed E-state index contributed by atoms with van der Waals surface area (Å²) in [5.74, 6) is 0.637. The quantitative estimate of drug-likeness (QED) is 0.516. The largest absolute Gasteiger partial charge is 0.496 e. The highest BCUT2D eigenvalue weighted by molar-refractivity contribution is 5.90. The molecule has 0 aliphatic carbocycles. The van der Waals surface area contributed by atoms with Crippen LogP contribution >= 0.6 is 0 Å². The number of ether oxygens (including phenoxy) is 1. The van der Waals surface area contributed by atoms with Crippen LogP contribution in [0.3, 0.4) is 0 Å². The van der Waals surface area contributed by atoms with E-state index in [0.29, 0.717) is 22.8 Å². The SMILES string of the molecule is COc1ccc([N+](=O)[O-])cc1-c1ccc(/C=C\C(N)=O)o1. The predicted octanol–water partition coefficient (Wildman–Crippen LogP) is 2.36. The molecule has 1 amide bonds. The lowest BCUT2D eigenvalue weighted by atomic mass is 10.1. The van der Waals surface area contributed by atoms with Gasteiger partial charge in [0.2, 0.25) is 5.91 Å². The van der Waals surface area contributed by atoms with Crippen LogP contribution < -0.4 is 10.5 Å². The molecule has 0 radical (unpaired) electrons. The highest BCUT2D eigenvalue weighted by atomic mass is 16.6. The van der Waals surface area contributed by atoms with E-state index < -0.39 is 10.8 Å². The van der Waals surface area contributed by atoms with Crippen LogP contribution in [0.4, 0.5) is 5.69 Å². The Balaban J connectivity index is 2.43. The molecular weight excluding hydrogens is 276 g/mol. The van der Waals surface area contributed by atoms with Crippen molar-refractivity contribution in [3.8, 4) is 17.1 Å². The third-order valence-electron chi connectivity index (χ3n) is 2.70. The zero-order valence-corrected chi connectivity index (χ0v) is 11.1. The van der Waals surface area contributed by atoms with Gasteiger partial charge in [0.15, 0.2) is 0 Å². The van der Waals surface area contributed by atoms with E-state index in [2.05, 4.69) is 0 Å². The summed E-state index contributed by atoms with van der Waals surface area (Å²) in [5.41, 5.74) is 5.37. The van der Waals surface area contributed by atoms with E-state index in [-0.39, 0.29) is 5.69 Å². The standard InChI is InChI=1S/C14H12N2O5/c1-20-12-5-2-9(16(18)19)8-11(12)13-6-3-10(21-13)4-7-14(15)17/h2-8H,1H3,(H2,15,17)/b7-4-. The summed E-state index contributed by atoms with van der Waals surface area (Å²) in [4.78, 5) is 21.0. The van der Waals surface area contributed by atoms with Crippen molar-refractivity contribution in [1.29, 1.82) is 0 Å². The highest BCUT2D eigenvalue weighted by Gasteiger charge is 2.15. The van der Waals surface area contributed by atoms with Crippen molar-refractivity contribution in [3.05, 3.63) is 52.3 Å². The number of carbonyl (C=O) groups excluding carboxylic acids is 1. The Hall–Kier alpha value is -3.09. The summed E-state index contributed by atoms with van der Waals surface area (Å²) < 4.78 is 10.7. The van der Waals surface area contributed by atoms with E-state index in [9.17, 15) is 14.9 Å². The van der Waals surface area contributed by atoms with Gasteiger partial charge in [-0.3, -0.25) is 14.9 Å². The number of nitro groups is 1. The van der Waals surface area contributed by atoms with Crippen LogP contribution in [0.1, 0.15) is 5.76 Å². The second kappa shape index (κ2) is 5.91. The molecule has 7 nitrogen and oxygen atoms in total. The van der Waals surface area contributed by atoms with Gasteiger partial charge < -0.3 is 14.9 Å². The molecule has 0 saturated heterocycles. The molecule has 7 heteroatoms. The average Bonchev–Trinajstić information content (AvgIpc) is 2.93. The molecule has 0 atom stereocenters. The summed E-state index contributed by atoms with van der Waals surface area (Å²) in [5, 5.41) is 10.8. The molecule has 0 bridgehead atoms. The molecule has 0 spiro atoms. The second-order valence-electron chi connectivity index (χ2n) is 4.08. The van der Waals surface area contributed by atoms with Crippen molar-refractivity contribution < 1.29 is 18.9 Å². The molecule has 0 fully saturated rings. The average molecular weight is 288 g/mol. The van der Waals surface area contributed by atoms with Crippen LogP contribution in [-0.4, -0.2) is 17.9 Å². The van der Waals surface area contributed by atoms with Crippen molar-refractivity contribution >= 4 is 17.7 Å². The van der Waals surface area contributed by atoms with Gasteiger partial charge in [-0.05, 0) is 24.3 Å². The number of methoxy groups -OCH3 is 1. The van der Waals surface area contributed by atoms with Crippen LogP contribution in [0.15, 0.2) is 40.8 Å². The van der Waals surface area contributed by atoms with Gasteiger partial charge >= 0.3 is 0 Å². The lowest BCUT2D eigenvalue weighted by Crippen LogP contribution is -2.04. The maximum absolute atomic E-state index is 10.8. The zero-order chi connectivity index (χ0) is 15.4. The molecule has 0 unspecified atom stereocenters. The number of hydrogen-bond acceptors (Lipinski definition) is 5. The van der Waals surface area contributed by atoms with E-state index in [4.69, 9.17) is 14.9 Å². The van der Waals surface area contributed by atoms with Gasteiger partial charge in [0.1, 0.15) is 17.3 Å². The summed E-state index contributed by atoms with van der Waals surface area (Å²) in [6, 6.07) is 7.45. The molecule has 2 aromatic rings. The number of non-ortho nitro benzene ring substituents is 1. The molecule has 2 rings (SSSR count). The Labute approximate surface area is 119 Å². The van der Waals surface area contributed by atoms with Gasteiger partial charge in [-0.15, -0.1) is 0 Å². The Morgan fingerprint density at radius 3 is 2.76 bits per heavy atom. The van der Waals surface area contributed by atoms with E-state index in [1.165, 1.54) is 31.4 Å². The summed E-state index contributed by atoms with van der Waals surface area (Å²) in [6.45, 7) is 0. The first-order valence-corrected chi connectivity index (χ1v) is 5.91. The molecule has 1 aromatic heterocycles. The Morgan fingerprint density at radius 1 is 1.38 bits per heavy atom. The third-order valence-corrected chi connectivity index (χ3v) is 2.70. The van der Waals surface area contributed by atoms with Gasteiger partial charge in [-0.2, -0.15) is 0 Å². The molecule has 1 aromatic carbocycles. The van der Waals surface area contributed by atoms with E-state index in [1.54, 1.807) is 12.1 Å². The number of hydrogen-bond donors (Lipinski definition) is 1. The summed E-state index contributed by atoms with van der Waals surface area (Å²) in [7, 11) is 1.46. The van der Waals surface area contributed by atoms with Crippen LogP contribution in [0.25, 0.3) is 17.4 Å². The van der Waals surface area contributed by atoms with Gasteiger partial charge in [-0.1, -0.05) is 0 Å². The minimum Gasteiger partial charge on any atom is -0.496 e. The summed E-state index contributed by atoms with van der Waals surface area (Å²) >= 11 is 0. The minimum atomic E-state index is -0.596. The number of rotatable bonds is 5. The fourth-order valence-electron chi connectivity index (χ4n) is 1.75. The fraction of sp³-hybridized carbons (Fsp3) is 0.0714. The molecule has 2 N–H and O–H groups in total. The number of carbonyl (C=O) groups is 1. The molecule has 0 aliphatic rings. The fourth-order valence-corrected chi connectivity index (χ4v) is 1.75. The molecule has 0 aliphatic heterocycles. The lowest BCUT2D eigenvalue weighted by Gasteiger charge is -2.05. The minimum absolute atomic E-state index is 0.0728. The van der Waals surface area contributed by atoms with Gasteiger partial charge in [0.05, 0.1) is 17.6 Å². The number of nitrogens with two attached hydrogens (primary N) is 1. The maximum atomic E-state index is 10.8. The maximum Gasteiger partial charge on any atom is 0.270 e. The molecule has 108 valence electrons. The molecular formula is C14H12N2O5. The Kier molecular flexibility index (Phi) is 4.03. The first kappa shape index (κ1) is 14.3. The second-order valence-corrected chi connectivity index (χ2v) is 4.08. The van der Waals surface area contributed by atoms with Crippen LogP contribution in [-0.2, 0) is 4.79 Å². The number of amides is 1. The van der Waals surface area contributed by atoms with Crippen molar-refractivity contribution in [2.24, 2.45) is 5.73 Å². The van der Waals surface area contributed by atoms with Crippen molar-refractivity contribution in [1.82, 2.24) is 0 Å². The monoisotopic (exact) mass is 288 g/mol. The smallest absolute Gasteiger partial charge is 0.270 e. The van der Waals surface area contributed by atoms with Crippen molar-refractivity contribution in [3.63, 3.8) is 0 Å². The van der Waals surface area contributed by atoms with Gasteiger partial charge in [0.25, 0.3) is 5.69 Å². The van der Waals surface area contributed by atoms with E-state index in [0.717, 1.165) is 6.08 Å². The first-order chi connectivity index (χ1) is 10.0. The molecule has 1 heterocycles. The zero-order valence-electron chi connectivity index (χ0n) is 11.1. The van der Waals surface area contributed by atoms with Crippen LogP contribution in [0.5, 0.6) is 5.75 Å². The van der Waals surface area contributed by atoms with Crippen LogP contribution in [0.2, 0.25) is 0 Å². The number of benzene rings is 1. The summed E-state index contributed by atoms with van der Waals surface area (Å²) in [6.07, 6.45) is 2.57. The third kappa shape index (κ3) is 3.27.